The second-order valence-electron chi connectivity index (χ2n) is 5.01. The topological polar surface area (TPSA) is 29.5 Å². The molecular weight excluding hydrogens is 268 g/mol. The molecule has 1 fully saturated rings. The molecule has 0 aliphatic carbocycles. The zero-order valence-corrected chi connectivity index (χ0v) is 12.1. The van der Waals surface area contributed by atoms with E-state index in [1.165, 1.54) is 11.1 Å². The van der Waals surface area contributed by atoms with Crippen LogP contribution in [0.4, 0.5) is 0 Å². The first-order valence-corrected chi connectivity index (χ1v) is 7.83. The highest BCUT2D eigenvalue weighted by Crippen LogP contribution is 2.47. The lowest BCUT2D eigenvalue weighted by molar-refractivity contribution is -0.0344. The van der Waals surface area contributed by atoms with Crippen molar-refractivity contribution in [2.75, 3.05) is 12.4 Å². The van der Waals surface area contributed by atoms with Gasteiger partial charge in [-0.2, -0.15) is 0 Å². The fourth-order valence-corrected chi connectivity index (χ4v) is 3.96. The Morgan fingerprint density at radius 3 is 2.30 bits per heavy atom. The summed E-state index contributed by atoms with van der Waals surface area (Å²) in [6.07, 6.45) is 0.739. The first-order valence-electron chi connectivity index (χ1n) is 6.84. The Kier molecular flexibility index (Phi) is 4.10. The summed E-state index contributed by atoms with van der Waals surface area (Å²) in [5.74, 6) is 0.832. The highest BCUT2D eigenvalue weighted by atomic mass is 32.2. The maximum absolute atomic E-state index is 9.37. The number of hydrogen-bond donors (Lipinski definition) is 1. The van der Waals surface area contributed by atoms with Gasteiger partial charge in [-0.3, -0.25) is 0 Å². The van der Waals surface area contributed by atoms with Gasteiger partial charge in [0.15, 0.2) is 0 Å². The molecule has 2 nitrogen and oxygen atoms in total. The van der Waals surface area contributed by atoms with Gasteiger partial charge in [-0.15, -0.1) is 11.8 Å². The summed E-state index contributed by atoms with van der Waals surface area (Å²) in [7, 11) is 0. The van der Waals surface area contributed by atoms with Gasteiger partial charge >= 0.3 is 0 Å². The molecule has 2 unspecified atom stereocenters. The molecule has 3 rings (SSSR count). The number of aliphatic hydroxyl groups is 1. The van der Waals surface area contributed by atoms with Crippen LogP contribution in [-0.4, -0.2) is 23.6 Å². The molecule has 1 aliphatic rings. The Bertz CT molecular complexity index is 543. The minimum absolute atomic E-state index is 0.0797. The van der Waals surface area contributed by atoms with Crippen LogP contribution < -0.4 is 0 Å². The predicted octanol–water partition coefficient (Wildman–Crippen LogP) is 3.21. The van der Waals surface area contributed by atoms with Gasteiger partial charge in [0.05, 0.1) is 12.7 Å². The molecule has 1 aliphatic heterocycles. The molecule has 1 N–H and O–H groups in total. The molecule has 2 aromatic rings. The molecule has 0 amide bonds. The van der Waals surface area contributed by atoms with Crippen LogP contribution in [0.5, 0.6) is 0 Å². The SMILES string of the molecule is OCC1CSC(Cc2ccccc2)(c2ccccc2)O1. The van der Waals surface area contributed by atoms with Gasteiger partial charge < -0.3 is 9.84 Å². The molecule has 20 heavy (non-hydrogen) atoms. The molecule has 2 aromatic carbocycles. The molecule has 0 spiro atoms. The van der Waals surface area contributed by atoms with Gasteiger partial charge in [0.25, 0.3) is 0 Å². The Morgan fingerprint density at radius 1 is 1.05 bits per heavy atom. The molecule has 104 valence electrons. The Labute approximate surface area is 123 Å². The fourth-order valence-electron chi connectivity index (χ4n) is 2.56. The van der Waals surface area contributed by atoms with Crippen molar-refractivity contribution in [1.29, 1.82) is 0 Å². The van der Waals surface area contributed by atoms with Crippen molar-refractivity contribution < 1.29 is 9.84 Å². The average Bonchev–Trinajstić information content (AvgIpc) is 2.94. The maximum atomic E-state index is 9.37. The van der Waals surface area contributed by atoms with E-state index in [-0.39, 0.29) is 17.6 Å². The second kappa shape index (κ2) is 6.00. The van der Waals surface area contributed by atoms with Crippen LogP contribution in [0.25, 0.3) is 0 Å². The molecular formula is C17H18O2S. The summed E-state index contributed by atoms with van der Waals surface area (Å²) in [5.41, 5.74) is 2.42. The first-order chi connectivity index (χ1) is 9.82. The number of aliphatic hydroxyl groups excluding tert-OH is 1. The third-order valence-corrected chi connectivity index (χ3v) is 5.04. The lowest BCUT2D eigenvalue weighted by Gasteiger charge is -2.29. The number of rotatable bonds is 4. The summed E-state index contributed by atoms with van der Waals surface area (Å²) in [6, 6.07) is 20.7. The zero-order chi connectivity index (χ0) is 13.8. The maximum Gasteiger partial charge on any atom is 0.143 e. The van der Waals surface area contributed by atoms with Gasteiger partial charge in [-0.1, -0.05) is 60.7 Å². The van der Waals surface area contributed by atoms with Crippen molar-refractivity contribution in [2.24, 2.45) is 0 Å². The average molecular weight is 286 g/mol. The molecule has 2 atom stereocenters. The smallest absolute Gasteiger partial charge is 0.143 e. The largest absolute Gasteiger partial charge is 0.394 e. The quantitative estimate of drug-likeness (QED) is 0.936. The van der Waals surface area contributed by atoms with Gasteiger partial charge in [-0.05, 0) is 11.1 Å². The van der Waals surface area contributed by atoms with Gasteiger partial charge in [0.1, 0.15) is 4.93 Å². The van der Waals surface area contributed by atoms with Gasteiger partial charge in [-0.25, -0.2) is 0 Å². The summed E-state index contributed by atoms with van der Waals surface area (Å²) in [5, 5.41) is 9.37. The van der Waals surface area contributed by atoms with E-state index in [2.05, 4.69) is 36.4 Å². The predicted molar refractivity (Wildman–Crippen MR) is 82.7 cm³/mol. The first kappa shape index (κ1) is 13.7. The van der Waals surface area contributed by atoms with Crippen molar-refractivity contribution in [3.63, 3.8) is 0 Å². The Morgan fingerprint density at radius 2 is 1.70 bits per heavy atom. The molecule has 1 heterocycles. The third kappa shape index (κ3) is 2.75. The summed E-state index contributed by atoms with van der Waals surface area (Å²) >= 11 is 1.79. The number of benzene rings is 2. The van der Waals surface area contributed by atoms with E-state index < -0.39 is 0 Å². The van der Waals surface area contributed by atoms with Gasteiger partial charge in [0.2, 0.25) is 0 Å². The summed E-state index contributed by atoms with van der Waals surface area (Å²) in [4.78, 5) is -0.379. The lowest BCUT2D eigenvalue weighted by atomic mass is 10.0. The van der Waals surface area contributed by atoms with Crippen LogP contribution in [-0.2, 0) is 16.1 Å². The van der Waals surface area contributed by atoms with E-state index >= 15 is 0 Å². The Hall–Kier alpha value is -1.29. The van der Waals surface area contributed by atoms with Crippen molar-refractivity contribution in [3.05, 3.63) is 71.8 Å². The minimum atomic E-state index is -0.379. The summed E-state index contributed by atoms with van der Waals surface area (Å²) in [6.45, 7) is 0.0797. The zero-order valence-electron chi connectivity index (χ0n) is 11.2. The van der Waals surface area contributed by atoms with E-state index in [4.69, 9.17) is 4.74 Å². The van der Waals surface area contributed by atoms with Crippen molar-refractivity contribution >= 4 is 11.8 Å². The molecule has 1 saturated heterocycles. The van der Waals surface area contributed by atoms with Crippen molar-refractivity contribution in [1.82, 2.24) is 0 Å². The number of thioether (sulfide) groups is 1. The molecule has 0 aromatic heterocycles. The van der Waals surface area contributed by atoms with Crippen molar-refractivity contribution in [3.8, 4) is 0 Å². The highest BCUT2D eigenvalue weighted by Gasteiger charge is 2.42. The fraction of sp³-hybridized carbons (Fsp3) is 0.294. The van der Waals surface area contributed by atoms with Crippen LogP contribution in [0.2, 0.25) is 0 Å². The lowest BCUT2D eigenvalue weighted by Crippen LogP contribution is -2.28. The molecule has 3 heteroatoms. The minimum Gasteiger partial charge on any atom is -0.394 e. The Balaban J connectivity index is 1.93. The normalized spacial score (nSPS) is 25.8. The van der Waals surface area contributed by atoms with Crippen LogP contribution in [0.3, 0.4) is 0 Å². The van der Waals surface area contributed by atoms with E-state index in [1.807, 2.05) is 24.3 Å². The second-order valence-corrected chi connectivity index (χ2v) is 6.30. The van der Waals surface area contributed by atoms with Crippen molar-refractivity contribution in [2.45, 2.75) is 17.5 Å². The monoisotopic (exact) mass is 286 g/mol. The van der Waals surface area contributed by atoms with E-state index in [0.29, 0.717) is 0 Å². The van der Waals surface area contributed by atoms with E-state index in [9.17, 15) is 5.11 Å². The third-order valence-electron chi connectivity index (χ3n) is 3.56. The van der Waals surface area contributed by atoms with Crippen LogP contribution in [0, 0.1) is 0 Å². The summed E-state index contributed by atoms with van der Waals surface area (Å²) < 4.78 is 6.20. The standard InChI is InChI=1S/C17H18O2S/c18-12-16-13-20-17(19-16,15-9-5-2-6-10-15)11-14-7-3-1-4-8-14/h1-10,16,18H,11-13H2. The molecule has 0 bridgehead atoms. The van der Waals surface area contributed by atoms with E-state index in [0.717, 1.165) is 12.2 Å². The number of hydrogen-bond acceptors (Lipinski definition) is 3. The van der Waals surface area contributed by atoms with Gasteiger partial charge in [0, 0.05) is 12.2 Å². The van der Waals surface area contributed by atoms with E-state index in [1.54, 1.807) is 11.8 Å². The van der Waals surface area contributed by atoms with Crippen LogP contribution >= 0.6 is 11.8 Å². The van der Waals surface area contributed by atoms with Crippen LogP contribution in [0.1, 0.15) is 11.1 Å². The van der Waals surface area contributed by atoms with Crippen LogP contribution in [0.15, 0.2) is 60.7 Å². The highest BCUT2D eigenvalue weighted by molar-refractivity contribution is 8.00. The number of ether oxygens (including phenoxy) is 1. The molecule has 0 saturated carbocycles. The molecule has 0 radical (unpaired) electrons.